The molecule has 0 unspecified atom stereocenters. The average Bonchev–Trinajstić information content (AvgIpc) is 2.58. The van der Waals surface area contributed by atoms with Crippen LogP contribution in [-0.2, 0) is 9.53 Å². The van der Waals surface area contributed by atoms with Gasteiger partial charge in [-0.25, -0.2) is 4.79 Å². The van der Waals surface area contributed by atoms with E-state index in [9.17, 15) is 14.9 Å². The first-order valence-electron chi connectivity index (χ1n) is 7.39. The second-order valence-corrected chi connectivity index (χ2v) is 5.63. The Morgan fingerprint density at radius 3 is 2.21 bits per heavy atom. The summed E-state index contributed by atoms with van der Waals surface area (Å²) in [5, 5.41) is 11.8. The number of carbonyl (C=O) groups excluding carboxylic acids is 2. The van der Waals surface area contributed by atoms with Crippen LogP contribution in [0.5, 0.6) is 11.5 Å². The summed E-state index contributed by atoms with van der Waals surface area (Å²) in [7, 11) is 2.83. The molecule has 0 saturated carbocycles. The largest absolute Gasteiger partial charge is 0.496 e. The maximum absolute atomic E-state index is 12.3. The summed E-state index contributed by atoms with van der Waals surface area (Å²) in [6.45, 7) is 4.73. The van der Waals surface area contributed by atoms with Crippen molar-refractivity contribution in [2.45, 2.75) is 26.3 Å². The first-order chi connectivity index (χ1) is 11.3. The Morgan fingerprint density at radius 1 is 1.25 bits per heavy atom. The molecule has 0 radical (unpaired) electrons. The molecule has 1 N–H and O–H groups in total. The lowest BCUT2D eigenvalue weighted by molar-refractivity contribution is -0.125. The topological polar surface area (TPSA) is 97.7 Å². The Balaban J connectivity index is 2.81. The van der Waals surface area contributed by atoms with Gasteiger partial charge < -0.3 is 19.5 Å². The number of nitriles is 1. The van der Waals surface area contributed by atoms with Crippen LogP contribution in [0.3, 0.4) is 0 Å². The molecule has 0 spiro atoms. The van der Waals surface area contributed by atoms with E-state index < -0.39 is 24.0 Å². The molecule has 0 saturated heterocycles. The average molecular weight is 334 g/mol. The molecule has 130 valence electrons. The number of rotatable bonds is 7. The number of carbonyl (C=O) groups is 2. The highest BCUT2D eigenvalue weighted by Gasteiger charge is 2.30. The third-order valence-corrected chi connectivity index (χ3v) is 3.75. The molecule has 0 aliphatic heterocycles. The number of esters is 1. The summed E-state index contributed by atoms with van der Waals surface area (Å²) >= 11 is 0. The molecule has 0 bridgehead atoms. The van der Waals surface area contributed by atoms with Gasteiger partial charge in [0.2, 0.25) is 0 Å². The predicted molar refractivity (Wildman–Crippen MR) is 86.8 cm³/mol. The van der Waals surface area contributed by atoms with Crippen LogP contribution in [0, 0.1) is 17.2 Å². The van der Waals surface area contributed by atoms with Gasteiger partial charge >= 0.3 is 5.97 Å². The molecule has 7 heteroatoms. The van der Waals surface area contributed by atoms with Gasteiger partial charge in [-0.05, 0) is 25.0 Å². The second-order valence-electron chi connectivity index (χ2n) is 5.63. The fourth-order valence-electron chi connectivity index (χ4n) is 1.88. The quantitative estimate of drug-likeness (QED) is 0.765. The third kappa shape index (κ3) is 4.38. The molecule has 0 heterocycles. The molecular weight excluding hydrogens is 312 g/mol. The van der Waals surface area contributed by atoms with Gasteiger partial charge in [0.05, 0.1) is 20.3 Å². The van der Waals surface area contributed by atoms with Gasteiger partial charge in [-0.3, -0.25) is 4.79 Å². The van der Waals surface area contributed by atoms with Crippen molar-refractivity contribution in [3.63, 3.8) is 0 Å². The van der Waals surface area contributed by atoms with Crippen molar-refractivity contribution < 1.29 is 23.8 Å². The standard InChI is InChI=1S/C17H22N2O5/c1-11(2)17(3,10-18)19-14(20)9-24-16(21)15-12(22-4)7-6-8-13(15)23-5/h6-8,11H,9H2,1-5H3,(H,19,20)/t17-/m0/s1. The van der Waals surface area contributed by atoms with Gasteiger partial charge in [-0.1, -0.05) is 19.9 Å². The van der Waals surface area contributed by atoms with Gasteiger partial charge in [-0.2, -0.15) is 5.26 Å². The van der Waals surface area contributed by atoms with Crippen molar-refractivity contribution in [1.29, 1.82) is 5.26 Å². The Bertz CT molecular complexity index is 629. The fourth-order valence-corrected chi connectivity index (χ4v) is 1.88. The van der Waals surface area contributed by atoms with Crippen LogP contribution in [0.15, 0.2) is 18.2 Å². The zero-order valence-corrected chi connectivity index (χ0v) is 14.5. The van der Waals surface area contributed by atoms with E-state index in [1.807, 2.05) is 13.8 Å². The highest BCUT2D eigenvalue weighted by atomic mass is 16.5. The van der Waals surface area contributed by atoms with Gasteiger partial charge in [0.25, 0.3) is 5.91 Å². The monoisotopic (exact) mass is 334 g/mol. The predicted octanol–water partition coefficient (Wildman–Crippen LogP) is 1.92. The van der Waals surface area contributed by atoms with Crippen molar-refractivity contribution >= 4 is 11.9 Å². The van der Waals surface area contributed by atoms with Crippen molar-refractivity contribution in [2.75, 3.05) is 20.8 Å². The van der Waals surface area contributed by atoms with E-state index >= 15 is 0 Å². The molecule has 7 nitrogen and oxygen atoms in total. The number of methoxy groups -OCH3 is 2. The molecule has 1 amide bonds. The second kappa shape index (κ2) is 8.20. The zero-order chi connectivity index (χ0) is 18.3. The lowest BCUT2D eigenvalue weighted by Gasteiger charge is -2.27. The van der Waals surface area contributed by atoms with Crippen LogP contribution in [0.1, 0.15) is 31.1 Å². The Labute approximate surface area is 141 Å². The van der Waals surface area contributed by atoms with E-state index in [2.05, 4.69) is 11.4 Å². The molecule has 0 aliphatic carbocycles. The molecule has 1 rings (SSSR count). The summed E-state index contributed by atoms with van der Waals surface area (Å²) in [4.78, 5) is 24.2. The van der Waals surface area contributed by atoms with E-state index in [1.165, 1.54) is 14.2 Å². The number of nitrogens with one attached hydrogen (secondary N) is 1. The van der Waals surface area contributed by atoms with Gasteiger partial charge in [0, 0.05) is 0 Å². The molecule has 1 aromatic carbocycles. The molecule has 1 atom stereocenters. The highest BCUT2D eigenvalue weighted by Crippen LogP contribution is 2.28. The van der Waals surface area contributed by atoms with Gasteiger partial charge in [0.1, 0.15) is 22.6 Å². The van der Waals surface area contributed by atoms with E-state index in [-0.39, 0.29) is 23.0 Å². The maximum atomic E-state index is 12.3. The normalized spacial score (nSPS) is 12.7. The first-order valence-corrected chi connectivity index (χ1v) is 7.39. The minimum absolute atomic E-state index is 0.0993. The summed E-state index contributed by atoms with van der Waals surface area (Å²) in [6, 6.07) is 6.90. The van der Waals surface area contributed by atoms with Crippen molar-refractivity contribution in [2.24, 2.45) is 5.92 Å². The van der Waals surface area contributed by atoms with Crippen LogP contribution in [0.2, 0.25) is 0 Å². The number of ether oxygens (including phenoxy) is 3. The van der Waals surface area contributed by atoms with E-state index in [4.69, 9.17) is 14.2 Å². The van der Waals surface area contributed by atoms with Crippen molar-refractivity contribution in [1.82, 2.24) is 5.32 Å². The van der Waals surface area contributed by atoms with Crippen LogP contribution < -0.4 is 14.8 Å². The molecule has 0 aliphatic rings. The van der Waals surface area contributed by atoms with E-state index in [1.54, 1.807) is 25.1 Å². The summed E-state index contributed by atoms with van der Waals surface area (Å²) < 4.78 is 15.3. The van der Waals surface area contributed by atoms with Crippen LogP contribution >= 0.6 is 0 Å². The van der Waals surface area contributed by atoms with Crippen molar-refractivity contribution in [3.05, 3.63) is 23.8 Å². The minimum atomic E-state index is -1.04. The smallest absolute Gasteiger partial charge is 0.346 e. The lowest BCUT2D eigenvalue weighted by Crippen LogP contribution is -2.50. The third-order valence-electron chi connectivity index (χ3n) is 3.75. The Kier molecular flexibility index (Phi) is 6.59. The molecule has 24 heavy (non-hydrogen) atoms. The maximum Gasteiger partial charge on any atom is 0.346 e. The highest BCUT2D eigenvalue weighted by molar-refractivity contribution is 5.96. The first kappa shape index (κ1) is 19.3. The van der Waals surface area contributed by atoms with E-state index in [0.717, 1.165) is 0 Å². The number of hydrogen-bond acceptors (Lipinski definition) is 6. The van der Waals surface area contributed by atoms with Gasteiger partial charge in [-0.15, -0.1) is 0 Å². The number of hydrogen-bond donors (Lipinski definition) is 1. The fraction of sp³-hybridized carbons (Fsp3) is 0.471. The van der Waals surface area contributed by atoms with Crippen LogP contribution in [-0.4, -0.2) is 38.2 Å². The SMILES string of the molecule is COc1cccc(OC)c1C(=O)OCC(=O)N[C@@](C)(C#N)C(C)C. The van der Waals surface area contributed by atoms with Crippen LogP contribution in [0.25, 0.3) is 0 Å². The van der Waals surface area contributed by atoms with Gasteiger partial charge in [0.15, 0.2) is 6.61 Å². The lowest BCUT2D eigenvalue weighted by atomic mass is 9.90. The zero-order valence-electron chi connectivity index (χ0n) is 14.5. The summed E-state index contributed by atoms with van der Waals surface area (Å²) in [5.41, 5.74) is -0.937. The molecule has 0 aromatic heterocycles. The minimum Gasteiger partial charge on any atom is -0.496 e. The number of nitrogens with zero attached hydrogens (tertiary/aromatic N) is 1. The Hall–Kier alpha value is -2.75. The molecule has 1 aromatic rings. The van der Waals surface area contributed by atoms with E-state index in [0.29, 0.717) is 0 Å². The van der Waals surface area contributed by atoms with Crippen LogP contribution in [0.4, 0.5) is 0 Å². The summed E-state index contributed by atoms with van der Waals surface area (Å²) in [5.74, 6) is -0.846. The molecular formula is C17H22N2O5. The summed E-state index contributed by atoms with van der Waals surface area (Å²) in [6.07, 6.45) is 0. The van der Waals surface area contributed by atoms with Crippen molar-refractivity contribution in [3.8, 4) is 17.6 Å². The molecule has 0 fully saturated rings. The number of amides is 1. The number of benzene rings is 1. The Morgan fingerprint density at radius 2 is 1.79 bits per heavy atom.